The lowest BCUT2D eigenvalue weighted by atomic mass is 10.0. The van der Waals surface area contributed by atoms with Crippen molar-refractivity contribution < 1.29 is 5.11 Å². The molecule has 17 heavy (non-hydrogen) atoms. The molecule has 0 unspecified atom stereocenters. The molecule has 0 saturated heterocycles. The third-order valence-electron chi connectivity index (χ3n) is 2.90. The Balaban J connectivity index is 2.20. The van der Waals surface area contributed by atoms with Crippen molar-refractivity contribution in [2.24, 2.45) is 0 Å². The van der Waals surface area contributed by atoms with E-state index in [9.17, 15) is 5.11 Å². The normalized spacial score (nSPS) is 10.9. The minimum Gasteiger partial charge on any atom is -0.392 e. The lowest BCUT2D eigenvalue weighted by Gasteiger charge is -2.02. The van der Waals surface area contributed by atoms with Gasteiger partial charge in [-0.25, -0.2) is 0 Å². The molecule has 1 aromatic heterocycles. The van der Waals surface area contributed by atoms with E-state index in [-0.39, 0.29) is 6.61 Å². The summed E-state index contributed by atoms with van der Waals surface area (Å²) in [5, 5.41) is 12.6. The quantitative estimate of drug-likeness (QED) is 0.716. The van der Waals surface area contributed by atoms with Gasteiger partial charge in [0.25, 0.3) is 0 Å². The van der Waals surface area contributed by atoms with Crippen molar-refractivity contribution >= 4 is 21.4 Å². The van der Waals surface area contributed by atoms with Crippen LogP contribution in [0.1, 0.15) is 5.56 Å². The maximum atomic E-state index is 9.18. The summed E-state index contributed by atoms with van der Waals surface area (Å²) in [5.41, 5.74) is 3.38. The molecular weight excluding hydrogens is 228 g/mol. The summed E-state index contributed by atoms with van der Waals surface area (Å²) in [4.78, 5) is 0. The van der Waals surface area contributed by atoms with Crippen molar-refractivity contribution in [2.45, 2.75) is 6.61 Å². The van der Waals surface area contributed by atoms with Crippen LogP contribution >= 0.6 is 11.3 Å². The highest BCUT2D eigenvalue weighted by molar-refractivity contribution is 7.17. The Kier molecular flexibility index (Phi) is 2.67. The molecule has 0 fully saturated rings. The van der Waals surface area contributed by atoms with E-state index in [1.54, 1.807) is 11.3 Å². The van der Waals surface area contributed by atoms with E-state index in [1.807, 2.05) is 12.1 Å². The van der Waals surface area contributed by atoms with Gasteiger partial charge in [-0.1, -0.05) is 36.4 Å². The van der Waals surface area contributed by atoms with Gasteiger partial charge in [0.05, 0.1) is 6.61 Å². The van der Waals surface area contributed by atoms with Crippen LogP contribution in [0.2, 0.25) is 0 Å². The second-order valence-corrected chi connectivity index (χ2v) is 4.92. The summed E-state index contributed by atoms with van der Waals surface area (Å²) >= 11 is 1.76. The zero-order chi connectivity index (χ0) is 11.7. The number of thiophene rings is 1. The number of aliphatic hydroxyl groups excluding tert-OH is 1. The van der Waals surface area contributed by atoms with E-state index in [0.717, 1.165) is 5.56 Å². The molecule has 1 nitrogen and oxygen atoms in total. The van der Waals surface area contributed by atoms with E-state index < -0.39 is 0 Å². The van der Waals surface area contributed by atoms with E-state index in [2.05, 4.69) is 41.8 Å². The third-order valence-corrected chi connectivity index (χ3v) is 3.87. The first-order valence-electron chi connectivity index (χ1n) is 5.55. The van der Waals surface area contributed by atoms with Gasteiger partial charge in [0, 0.05) is 15.6 Å². The Hall–Kier alpha value is -1.64. The van der Waals surface area contributed by atoms with Gasteiger partial charge in [0.2, 0.25) is 0 Å². The predicted molar refractivity (Wildman–Crippen MR) is 73.2 cm³/mol. The van der Waals surface area contributed by atoms with Crippen LogP contribution in [0.3, 0.4) is 0 Å². The van der Waals surface area contributed by atoms with Gasteiger partial charge in [-0.05, 0) is 28.6 Å². The molecule has 0 aliphatic rings. The van der Waals surface area contributed by atoms with Crippen LogP contribution < -0.4 is 0 Å². The first kappa shape index (κ1) is 10.5. The smallest absolute Gasteiger partial charge is 0.0682 e. The summed E-state index contributed by atoms with van der Waals surface area (Å²) < 4.78 is 1.30. The second kappa shape index (κ2) is 4.32. The predicted octanol–water partition coefficient (Wildman–Crippen LogP) is 4.06. The highest BCUT2D eigenvalue weighted by Gasteiger charge is 2.05. The molecular formula is C15H12OS. The van der Waals surface area contributed by atoms with Gasteiger partial charge in [-0.2, -0.15) is 0 Å². The lowest BCUT2D eigenvalue weighted by Crippen LogP contribution is -1.83. The minimum atomic E-state index is 0.0932. The molecule has 0 aliphatic carbocycles. The first-order chi connectivity index (χ1) is 8.38. The van der Waals surface area contributed by atoms with Gasteiger partial charge in [-0.15, -0.1) is 11.3 Å². The molecule has 0 atom stereocenters. The minimum absolute atomic E-state index is 0.0932. The number of hydrogen-bond acceptors (Lipinski definition) is 2. The Bertz CT molecular complexity index is 655. The largest absolute Gasteiger partial charge is 0.392 e. The van der Waals surface area contributed by atoms with E-state index >= 15 is 0 Å². The number of fused-ring (bicyclic) bond motifs is 1. The van der Waals surface area contributed by atoms with Crippen molar-refractivity contribution in [1.29, 1.82) is 0 Å². The molecule has 0 bridgehead atoms. The fraction of sp³-hybridized carbons (Fsp3) is 0.0667. The summed E-state index contributed by atoms with van der Waals surface area (Å²) in [6.45, 7) is 0.0932. The first-order valence-corrected chi connectivity index (χ1v) is 6.43. The standard InChI is InChI=1S/C15H12OS/c16-9-11-4-3-5-12(8-11)14-10-17-15-7-2-1-6-13(14)15/h1-8,10,16H,9H2. The highest BCUT2D eigenvalue weighted by atomic mass is 32.1. The summed E-state index contributed by atoms with van der Waals surface area (Å²) in [6, 6.07) is 16.5. The van der Waals surface area contributed by atoms with Crippen LogP contribution in [-0.2, 0) is 6.61 Å². The van der Waals surface area contributed by atoms with Crippen LogP contribution in [-0.4, -0.2) is 5.11 Å². The van der Waals surface area contributed by atoms with Crippen molar-refractivity contribution in [3.05, 3.63) is 59.5 Å². The van der Waals surface area contributed by atoms with Crippen molar-refractivity contribution in [1.82, 2.24) is 0 Å². The average molecular weight is 240 g/mol. The van der Waals surface area contributed by atoms with Crippen molar-refractivity contribution in [3.63, 3.8) is 0 Å². The summed E-state index contributed by atoms with van der Waals surface area (Å²) in [5.74, 6) is 0. The van der Waals surface area contributed by atoms with E-state index in [4.69, 9.17) is 0 Å². The summed E-state index contributed by atoms with van der Waals surface area (Å²) in [7, 11) is 0. The van der Waals surface area contributed by atoms with Crippen LogP contribution in [0.5, 0.6) is 0 Å². The molecule has 0 saturated carbocycles. The fourth-order valence-corrected chi connectivity index (χ4v) is 3.01. The van der Waals surface area contributed by atoms with Crippen LogP contribution in [0.4, 0.5) is 0 Å². The SMILES string of the molecule is OCc1cccc(-c2csc3ccccc23)c1. The molecule has 1 heterocycles. The van der Waals surface area contributed by atoms with Gasteiger partial charge >= 0.3 is 0 Å². The number of aliphatic hydroxyl groups is 1. The summed E-state index contributed by atoms with van der Waals surface area (Å²) in [6.07, 6.45) is 0. The van der Waals surface area contributed by atoms with Crippen LogP contribution in [0.25, 0.3) is 21.2 Å². The Labute approximate surface area is 104 Å². The Morgan fingerprint density at radius 1 is 1.00 bits per heavy atom. The average Bonchev–Trinajstić information content (AvgIpc) is 2.82. The number of benzene rings is 2. The molecule has 0 amide bonds. The fourth-order valence-electron chi connectivity index (χ4n) is 2.04. The molecule has 1 N–H and O–H groups in total. The molecule has 84 valence electrons. The van der Waals surface area contributed by atoms with E-state index in [0.29, 0.717) is 0 Å². The Morgan fingerprint density at radius 3 is 2.76 bits per heavy atom. The third kappa shape index (κ3) is 1.86. The molecule has 3 rings (SSSR count). The van der Waals surface area contributed by atoms with Gasteiger partial charge < -0.3 is 5.11 Å². The lowest BCUT2D eigenvalue weighted by molar-refractivity contribution is 0.282. The van der Waals surface area contributed by atoms with Crippen LogP contribution in [0.15, 0.2) is 53.9 Å². The van der Waals surface area contributed by atoms with Crippen molar-refractivity contribution in [2.75, 3.05) is 0 Å². The number of hydrogen-bond donors (Lipinski definition) is 1. The van der Waals surface area contributed by atoms with Gasteiger partial charge in [0.15, 0.2) is 0 Å². The van der Waals surface area contributed by atoms with Crippen LogP contribution in [0, 0.1) is 0 Å². The number of rotatable bonds is 2. The van der Waals surface area contributed by atoms with Gasteiger partial charge in [-0.3, -0.25) is 0 Å². The van der Waals surface area contributed by atoms with E-state index in [1.165, 1.54) is 21.2 Å². The molecule has 0 aliphatic heterocycles. The zero-order valence-corrected chi connectivity index (χ0v) is 10.1. The molecule has 2 aromatic carbocycles. The molecule has 3 aromatic rings. The van der Waals surface area contributed by atoms with Gasteiger partial charge in [0.1, 0.15) is 0 Å². The monoisotopic (exact) mass is 240 g/mol. The second-order valence-electron chi connectivity index (χ2n) is 4.00. The molecule has 0 spiro atoms. The highest BCUT2D eigenvalue weighted by Crippen LogP contribution is 2.33. The maximum absolute atomic E-state index is 9.18. The van der Waals surface area contributed by atoms with Crippen molar-refractivity contribution in [3.8, 4) is 11.1 Å². The maximum Gasteiger partial charge on any atom is 0.0682 e. The molecule has 0 radical (unpaired) electrons. The zero-order valence-electron chi connectivity index (χ0n) is 9.26. The Morgan fingerprint density at radius 2 is 1.88 bits per heavy atom. The molecule has 2 heteroatoms. The topological polar surface area (TPSA) is 20.2 Å².